The molecule has 0 aromatic rings. The van der Waals surface area contributed by atoms with E-state index in [4.69, 9.17) is 10.5 Å². The van der Waals surface area contributed by atoms with Crippen molar-refractivity contribution < 1.29 is 14.3 Å². The van der Waals surface area contributed by atoms with Gasteiger partial charge in [0.15, 0.2) is 6.04 Å². The van der Waals surface area contributed by atoms with Gasteiger partial charge in [0, 0.05) is 6.54 Å². The first-order valence-electron chi connectivity index (χ1n) is 7.28. The molecule has 1 unspecified atom stereocenters. The normalized spacial score (nSPS) is 24.6. The Balaban J connectivity index is 2.25. The summed E-state index contributed by atoms with van der Waals surface area (Å²) in [6.45, 7) is 4.77. The van der Waals surface area contributed by atoms with Gasteiger partial charge in [-0.1, -0.05) is 26.2 Å². The van der Waals surface area contributed by atoms with Crippen molar-refractivity contribution in [3.05, 3.63) is 0 Å². The summed E-state index contributed by atoms with van der Waals surface area (Å²) in [6, 6.07) is -1.20. The number of rotatable bonds is 6. The van der Waals surface area contributed by atoms with Crippen LogP contribution in [0.25, 0.3) is 0 Å². The van der Waals surface area contributed by atoms with E-state index in [1.54, 1.807) is 6.92 Å². The standard InChI is InChI=1S/C14H26N2O3/c1-3-10-5-7-11(8-6-10)9-16-13(17)12(15)14(18)19-4-2/h10-12H,3-9,15H2,1-2H3,(H,16,17). The molecule has 0 aliphatic heterocycles. The van der Waals surface area contributed by atoms with E-state index < -0.39 is 17.9 Å². The summed E-state index contributed by atoms with van der Waals surface area (Å²) < 4.78 is 4.72. The number of ether oxygens (including phenoxy) is 1. The van der Waals surface area contributed by atoms with Crippen molar-refractivity contribution in [3.63, 3.8) is 0 Å². The topological polar surface area (TPSA) is 81.4 Å². The molecule has 1 amide bonds. The molecular weight excluding hydrogens is 244 g/mol. The first-order chi connectivity index (χ1) is 9.08. The molecular formula is C14H26N2O3. The molecule has 0 aromatic heterocycles. The summed E-state index contributed by atoms with van der Waals surface area (Å²) in [7, 11) is 0. The van der Waals surface area contributed by atoms with Crippen LogP contribution in [-0.2, 0) is 14.3 Å². The Morgan fingerprint density at radius 2 is 1.79 bits per heavy atom. The molecule has 5 heteroatoms. The number of nitrogens with two attached hydrogens (primary N) is 1. The van der Waals surface area contributed by atoms with Crippen molar-refractivity contribution in [2.24, 2.45) is 17.6 Å². The van der Waals surface area contributed by atoms with Crippen LogP contribution in [-0.4, -0.2) is 31.1 Å². The molecule has 1 rings (SSSR count). The minimum atomic E-state index is -1.20. The Morgan fingerprint density at radius 3 is 2.32 bits per heavy atom. The largest absolute Gasteiger partial charge is 0.464 e. The van der Waals surface area contributed by atoms with E-state index in [0.29, 0.717) is 12.5 Å². The van der Waals surface area contributed by atoms with E-state index in [-0.39, 0.29) is 6.61 Å². The minimum absolute atomic E-state index is 0.237. The summed E-state index contributed by atoms with van der Waals surface area (Å²) in [5.74, 6) is 0.264. The van der Waals surface area contributed by atoms with Gasteiger partial charge >= 0.3 is 5.97 Å². The molecule has 5 nitrogen and oxygen atoms in total. The summed E-state index contributed by atoms with van der Waals surface area (Å²) >= 11 is 0. The predicted octanol–water partition coefficient (Wildman–Crippen LogP) is 1.21. The predicted molar refractivity (Wildman–Crippen MR) is 73.4 cm³/mol. The van der Waals surface area contributed by atoms with Gasteiger partial charge < -0.3 is 15.8 Å². The first-order valence-corrected chi connectivity index (χ1v) is 7.28. The van der Waals surface area contributed by atoms with Gasteiger partial charge in [0.1, 0.15) is 0 Å². The number of carbonyl (C=O) groups excluding carboxylic acids is 2. The molecule has 1 fully saturated rings. The fourth-order valence-corrected chi connectivity index (χ4v) is 2.54. The molecule has 0 bridgehead atoms. The molecule has 110 valence electrons. The fraction of sp³-hybridized carbons (Fsp3) is 0.857. The second kappa shape index (κ2) is 8.15. The lowest BCUT2D eigenvalue weighted by Crippen LogP contribution is -2.48. The van der Waals surface area contributed by atoms with E-state index in [0.717, 1.165) is 18.8 Å². The van der Waals surface area contributed by atoms with Crippen LogP contribution in [0.4, 0.5) is 0 Å². The Morgan fingerprint density at radius 1 is 1.21 bits per heavy atom. The van der Waals surface area contributed by atoms with Gasteiger partial charge in [-0.05, 0) is 31.6 Å². The zero-order valence-electron chi connectivity index (χ0n) is 12.0. The zero-order chi connectivity index (χ0) is 14.3. The van der Waals surface area contributed by atoms with Crippen molar-refractivity contribution in [1.29, 1.82) is 0 Å². The van der Waals surface area contributed by atoms with Crippen LogP contribution in [0, 0.1) is 11.8 Å². The van der Waals surface area contributed by atoms with Gasteiger partial charge in [0.05, 0.1) is 6.61 Å². The zero-order valence-corrected chi connectivity index (χ0v) is 12.0. The molecule has 1 aliphatic carbocycles. The van der Waals surface area contributed by atoms with Crippen LogP contribution in [0.3, 0.4) is 0 Å². The third-order valence-electron chi connectivity index (χ3n) is 3.93. The summed E-state index contributed by atoms with van der Waals surface area (Å²) in [6.07, 6.45) is 6.01. The number of hydrogen-bond donors (Lipinski definition) is 2. The Labute approximate surface area is 115 Å². The maximum Gasteiger partial charge on any atom is 0.332 e. The molecule has 0 heterocycles. The van der Waals surface area contributed by atoms with Crippen molar-refractivity contribution in [2.45, 2.75) is 52.0 Å². The third-order valence-corrected chi connectivity index (χ3v) is 3.93. The smallest absolute Gasteiger partial charge is 0.332 e. The number of hydrogen-bond acceptors (Lipinski definition) is 4. The Bertz CT molecular complexity index is 299. The van der Waals surface area contributed by atoms with Crippen LogP contribution in [0.2, 0.25) is 0 Å². The van der Waals surface area contributed by atoms with Gasteiger partial charge in [-0.25, -0.2) is 4.79 Å². The molecule has 0 aromatic carbocycles. The summed E-state index contributed by atoms with van der Waals surface area (Å²) in [4.78, 5) is 23.0. The highest BCUT2D eigenvalue weighted by Crippen LogP contribution is 2.29. The lowest BCUT2D eigenvalue weighted by molar-refractivity contribution is -0.148. The van der Waals surface area contributed by atoms with Gasteiger partial charge in [-0.15, -0.1) is 0 Å². The van der Waals surface area contributed by atoms with Gasteiger partial charge in [-0.2, -0.15) is 0 Å². The van der Waals surface area contributed by atoms with Crippen molar-refractivity contribution in [3.8, 4) is 0 Å². The Kier molecular flexibility index (Phi) is 6.84. The van der Waals surface area contributed by atoms with Crippen LogP contribution < -0.4 is 11.1 Å². The lowest BCUT2D eigenvalue weighted by atomic mass is 9.81. The molecule has 0 saturated heterocycles. The quantitative estimate of drug-likeness (QED) is 0.561. The molecule has 1 atom stereocenters. The second-order valence-corrected chi connectivity index (χ2v) is 5.27. The number of carbonyl (C=O) groups is 2. The average Bonchev–Trinajstić information content (AvgIpc) is 2.44. The lowest BCUT2D eigenvalue weighted by Gasteiger charge is -2.28. The van der Waals surface area contributed by atoms with E-state index in [9.17, 15) is 9.59 Å². The maximum absolute atomic E-state index is 11.7. The van der Waals surface area contributed by atoms with E-state index in [2.05, 4.69) is 12.2 Å². The highest BCUT2D eigenvalue weighted by atomic mass is 16.5. The number of amides is 1. The average molecular weight is 270 g/mol. The van der Waals surface area contributed by atoms with Crippen LogP contribution >= 0.6 is 0 Å². The van der Waals surface area contributed by atoms with Crippen LogP contribution in [0.5, 0.6) is 0 Å². The molecule has 0 spiro atoms. The van der Waals surface area contributed by atoms with Gasteiger partial charge in [-0.3, -0.25) is 4.79 Å². The molecule has 19 heavy (non-hydrogen) atoms. The monoisotopic (exact) mass is 270 g/mol. The molecule has 1 saturated carbocycles. The molecule has 1 aliphatic rings. The van der Waals surface area contributed by atoms with Crippen molar-refractivity contribution in [2.75, 3.05) is 13.2 Å². The van der Waals surface area contributed by atoms with Crippen molar-refractivity contribution >= 4 is 11.9 Å². The summed E-state index contributed by atoms with van der Waals surface area (Å²) in [5.41, 5.74) is 5.52. The fourth-order valence-electron chi connectivity index (χ4n) is 2.54. The Hall–Kier alpha value is -1.10. The number of nitrogens with one attached hydrogen (secondary N) is 1. The van der Waals surface area contributed by atoms with Gasteiger partial charge in [0.25, 0.3) is 0 Å². The van der Waals surface area contributed by atoms with Crippen LogP contribution in [0.1, 0.15) is 46.0 Å². The molecule has 3 N–H and O–H groups in total. The minimum Gasteiger partial charge on any atom is -0.464 e. The maximum atomic E-state index is 11.7. The summed E-state index contributed by atoms with van der Waals surface area (Å²) in [5, 5.41) is 2.76. The SMILES string of the molecule is CCOC(=O)C(N)C(=O)NCC1CCC(CC)CC1. The van der Waals surface area contributed by atoms with Gasteiger partial charge in [0.2, 0.25) is 5.91 Å². The highest BCUT2D eigenvalue weighted by molar-refractivity contribution is 6.01. The van der Waals surface area contributed by atoms with Crippen molar-refractivity contribution in [1.82, 2.24) is 5.32 Å². The van der Waals surface area contributed by atoms with E-state index in [1.807, 2.05) is 0 Å². The van der Waals surface area contributed by atoms with Crippen LogP contribution in [0.15, 0.2) is 0 Å². The second-order valence-electron chi connectivity index (χ2n) is 5.27. The van der Waals surface area contributed by atoms with E-state index in [1.165, 1.54) is 19.3 Å². The first kappa shape index (κ1) is 16.0. The van der Waals surface area contributed by atoms with E-state index >= 15 is 0 Å². The highest BCUT2D eigenvalue weighted by Gasteiger charge is 2.25. The third kappa shape index (κ3) is 5.19. The molecule has 0 radical (unpaired) electrons. The number of esters is 1.